The molecular weight excluding hydrogens is 757 g/mol. The van der Waals surface area contributed by atoms with Crippen molar-refractivity contribution in [1.29, 1.82) is 0 Å². The summed E-state index contributed by atoms with van der Waals surface area (Å²) in [6, 6.07) is 66.5. The van der Waals surface area contributed by atoms with E-state index in [1.54, 1.807) is 0 Å². The summed E-state index contributed by atoms with van der Waals surface area (Å²) in [6.07, 6.45) is 3.40. The molecule has 0 fully saturated rings. The Morgan fingerprint density at radius 3 is 1.74 bits per heavy atom. The van der Waals surface area contributed by atoms with Crippen LogP contribution in [0.15, 0.2) is 204 Å². The first-order valence-corrected chi connectivity index (χ1v) is 21.5. The number of nitrogens with zero attached hydrogens (tertiary/aromatic N) is 4. The first-order valence-electron chi connectivity index (χ1n) is 21.5. The molecule has 0 radical (unpaired) electrons. The van der Waals surface area contributed by atoms with Crippen molar-refractivity contribution < 1.29 is 4.42 Å². The monoisotopic (exact) mass is 798 g/mol. The summed E-state index contributed by atoms with van der Waals surface area (Å²) >= 11 is 0. The van der Waals surface area contributed by atoms with Crippen LogP contribution in [0.4, 0.5) is 0 Å². The molecule has 12 rings (SSSR count). The van der Waals surface area contributed by atoms with Crippen LogP contribution in [0.25, 0.3) is 83.5 Å². The van der Waals surface area contributed by atoms with Gasteiger partial charge in [-0.3, -0.25) is 0 Å². The third kappa shape index (κ3) is 5.84. The zero-order chi connectivity index (χ0) is 41.3. The van der Waals surface area contributed by atoms with Gasteiger partial charge >= 0.3 is 0 Å². The van der Waals surface area contributed by atoms with Crippen molar-refractivity contribution in [2.45, 2.75) is 19.4 Å². The molecule has 0 spiro atoms. The highest BCUT2D eigenvalue weighted by molar-refractivity contribution is 6.09. The van der Waals surface area contributed by atoms with Gasteiger partial charge in [0.2, 0.25) is 0 Å². The van der Waals surface area contributed by atoms with Gasteiger partial charge in [-0.05, 0) is 77.1 Å². The van der Waals surface area contributed by atoms with Crippen LogP contribution in [0.1, 0.15) is 41.8 Å². The Morgan fingerprint density at radius 2 is 1.10 bits per heavy atom. The molecule has 1 aliphatic heterocycles. The van der Waals surface area contributed by atoms with Gasteiger partial charge in [-0.1, -0.05) is 159 Å². The lowest BCUT2D eigenvalue weighted by Gasteiger charge is -2.40. The quantitative estimate of drug-likeness (QED) is 0.168. The fourth-order valence-electron chi connectivity index (χ4n) is 10.0. The largest absolute Gasteiger partial charge is 0.458 e. The topological polar surface area (TPSA) is 47.1 Å². The molecule has 0 amide bonds. The highest BCUT2D eigenvalue weighted by atomic mass is 16.3. The van der Waals surface area contributed by atoms with Crippen LogP contribution in [-0.4, -0.2) is 26.5 Å². The lowest BCUT2D eigenvalue weighted by atomic mass is 9.76. The van der Waals surface area contributed by atoms with Crippen LogP contribution in [0, 0.1) is 5.92 Å². The van der Waals surface area contributed by atoms with E-state index in [0.29, 0.717) is 11.7 Å². The first kappa shape index (κ1) is 36.1. The second-order valence-electron chi connectivity index (χ2n) is 16.7. The zero-order valence-corrected chi connectivity index (χ0v) is 34.5. The van der Waals surface area contributed by atoms with Gasteiger partial charge in [0.05, 0.1) is 22.4 Å². The summed E-state index contributed by atoms with van der Waals surface area (Å²) in [4.78, 5) is 12.8. The molecule has 1 aliphatic carbocycles. The zero-order valence-electron chi connectivity index (χ0n) is 34.5. The lowest BCUT2D eigenvalue weighted by Crippen LogP contribution is -2.31. The average molecular weight is 799 g/mol. The molecule has 5 heteroatoms. The van der Waals surface area contributed by atoms with Gasteiger partial charge in [0, 0.05) is 56.8 Å². The molecule has 3 aromatic heterocycles. The Morgan fingerprint density at radius 1 is 0.548 bits per heavy atom. The Kier molecular flexibility index (Phi) is 8.42. The second kappa shape index (κ2) is 14.5. The standard InChI is InChI=1S/C57H42N4O/c1-36-33-42(37-15-5-3-6-16-37)34-51-53(36)54-46-21-11-14-24-52(46)62-56(54)55(60(51)2)40-27-25-38(26-28-40)47-35-48(59-57(58-47)41-17-7-4-8-18-41)39-29-31-43(32-30-39)61-49-22-12-9-19-44(49)45-20-10-13-23-50(45)61/h3-32,34-36,55H,33H2,1-2H3. The van der Waals surface area contributed by atoms with Crippen molar-refractivity contribution in [2.75, 3.05) is 7.05 Å². The highest BCUT2D eigenvalue weighted by Crippen LogP contribution is 2.52. The number of benzene rings is 7. The molecular formula is C57H42N4O. The Bertz CT molecular complexity index is 3340. The minimum absolute atomic E-state index is 0.113. The Hall–Kier alpha value is -7.76. The predicted molar refractivity (Wildman–Crippen MR) is 254 cm³/mol. The molecule has 10 aromatic rings. The third-order valence-electron chi connectivity index (χ3n) is 12.9. The number of furan rings is 1. The molecule has 296 valence electrons. The number of allylic oxidation sites excluding steroid dienone is 3. The molecule has 2 aliphatic rings. The predicted octanol–water partition coefficient (Wildman–Crippen LogP) is 14.2. The van der Waals surface area contributed by atoms with Crippen LogP contribution >= 0.6 is 0 Å². The number of rotatable bonds is 6. The number of fused-ring (bicyclic) bond motifs is 7. The second-order valence-corrected chi connectivity index (χ2v) is 16.7. The van der Waals surface area contributed by atoms with Gasteiger partial charge in [0.25, 0.3) is 0 Å². The normalized spacial score (nSPS) is 16.2. The molecule has 0 bridgehead atoms. The molecule has 5 nitrogen and oxygen atoms in total. The van der Waals surface area contributed by atoms with Gasteiger partial charge in [-0.25, -0.2) is 9.97 Å². The number of likely N-dealkylation sites (N-methyl/N-ethyl adjacent to an activating group) is 1. The van der Waals surface area contributed by atoms with Crippen molar-refractivity contribution in [2.24, 2.45) is 5.92 Å². The van der Waals surface area contributed by atoms with Gasteiger partial charge in [0.15, 0.2) is 5.82 Å². The summed E-state index contributed by atoms with van der Waals surface area (Å²) in [5.41, 5.74) is 16.9. The van der Waals surface area contributed by atoms with E-state index in [1.165, 1.54) is 55.2 Å². The Labute approximate surface area is 360 Å². The maximum Gasteiger partial charge on any atom is 0.160 e. The summed E-state index contributed by atoms with van der Waals surface area (Å²) in [7, 11) is 2.22. The summed E-state index contributed by atoms with van der Waals surface area (Å²) in [5.74, 6) is 2.02. The number of para-hydroxylation sites is 3. The first-order chi connectivity index (χ1) is 30.6. The molecule has 2 unspecified atom stereocenters. The van der Waals surface area contributed by atoms with E-state index in [4.69, 9.17) is 14.4 Å². The van der Waals surface area contributed by atoms with Gasteiger partial charge in [0.1, 0.15) is 17.4 Å². The van der Waals surface area contributed by atoms with E-state index < -0.39 is 0 Å². The minimum Gasteiger partial charge on any atom is -0.458 e. The minimum atomic E-state index is -0.113. The lowest BCUT2D eigenvalue weighted by molar-refractivity contribution is 0.308. The molecule has 62 heavy (non-hydrogen) atoms. The maximum atomic E-state index is 6.84. The number of hydrogen-bond donors (Lipinski definition) is 0. The smallest absolute Gasteiger partial charge is 0.160 e. The number of hydrogen-bond acceptors (Lipinski definition) is 4. The van der Waals surface area contributed by atoms with Crippen molar-refractivity contribution >= 4 is 43.9 Å². The van der Waals surface area contributed by atoms with Crippen molar-refractivity contribution in [1.82, 2.24) is 19.4 Å². The molecule has 7 aromatic carbocycles. The fraction of sp³-hybridized carbons (Fsp3) is 0.0877. The van der Waals surface area contributed by atoms with Crippen LogP contribution in [0.5, 0.6) is 0 Å². The molecule has 0 saturated heterocycles. The summed E-state index contributed by atoms with van der Waals surface area (Å²) < 4.78 is 9.18. The summed E-state index contributed by atoms with van der Waals surface area (Å²) in [6.45, 7) is 2.36. The van der Waals surface area contributed by atoms with Crippen LogP contribution in [-0.2, 0) is 0 Å². The maximum absolute atomic E-state index is 6.84. The van der Waals surface area contributed by atoms with Crippen molar-refractivity contribution in [3.8, 4) is 39.6 Å². The van der Waals surface area contributed by atoms with Gasteiger partial charge in [-0.2, -0.15) is 0 Å². The third-order valence-corrected chi connectivity index (χ3v) is 12.9. The fourth-order valence-corrected chi connectivity index (χ4v) is 10.0. The van der Waals surface area contributed by atoms with E-state index in [0.717, 1.165) is 57.1 Å². The van der Waals surface area contributed by atoms with Crippen molar-refractivity contribution in [3.63, 3.8) is 0 Å². The van der Waals surface area contributed by atoms with E-state index in [1.807, 2.05) is 18.2 Å². The number of aromatic nitrogens is 3. The van der Waals surface area contributed by atoms with Gasteiger partial charge in [-0.15, -0.1) is 0 Å². The van der Waals surface area contributed by atoms with E-state index in [-0.39, 0.29) is 6.04 Å². The van der Waals surface area contributed by atoms with Crippen LogP contribution in [0.3, 0.4) is 0 Å². The average Bonchev–Trinajstić information content (AvgIpc) is 3.88. The Balaban J connectivity index is 0.940. The van der Waals surface area contributed by atoms with E-state index >= 15 is 0 Å². The van der Waals surface area contributed by atoms with Crippen molar-refractivity contribution in [3.05, 3.63) is 222 Å². The molecule has 0 saturated carbocycles. The van der Waals surface area contributed by atoms with E-state index in [2.05, 4.69) is 199 Å². The SMILES string of the molecule is CC1CC(c2ccccc2)=CC2=C1c1c(oc3ccccc13)C(c1ccc(-c3cc(-c4ccc(-n5c6ccccc6c6ccccc65)cc4)nc(-c4ccccc4)n3)cc1)N2C. The highest BCUT2D eigenvalue weighted by Gasteiger charge is 2.39. The summed E-state index contributed by atoms with van der Waals surface area (Å²) in [5, 5.41) is 3.68. The molecule has 0 N–H and O–H groups in total. The van der Waals surface area contributed by atoms with Crippen LogP contribution < -0.4 is 0 Å². The van der Waals surface area contributed by atoms with Crippen LogP contribution in [0.2, 0.25) is 0 Å². The molecule has 4 heterocycles. The van der Waals surface area contributed by atoms with Gasteiger partial charge < -0.3 is 13.9 Å². The van der Waals surface area contributed by atoms with E-state index in [9.17, 15) is 0 Å². The molecule has 2 atom stereocenters.